The summed E-state index contributed by atoms with van der Waals surface area (Å²) >= 11 is 0. The third-order valence-corrected chi connectivity index (χ3v) is 7.81. The van der Waals surface area contributed by atoms with E-state index in [1.807, 2.05) is 0 Å². The molecule has 8 heteroatoms. The Morgan fingerprint density at radius 1 is 1.18 bits per heavy atom. The zero-order chi connectivity index (χ0) is 20.0. The van der Waals surface area contributed by atoms with Gasteiger partial charge in [0.15, 0.2) is 0 Å². The smallest absolute Gasteiger partial charge is 0.244 e. The molecule has 0 atom stereocenters. The standard InChI is InChI=1S/C20H32N4O3S/c1-17-5-12-23(13-6-17)11-3-10-22-20(25)18-7-14-24(15-8-18)28(26,27)19-4-2-9-21-16-19/h2,4,9,16-18H,3,5-8,10-15H2,1H3,(H,22,25). The van der Waals surface area contributed by atoms with Crippen LogP contribution in [0.25, 0.3) is 0 Å². The van der Waals surface area contributed by atoms with Crippen LogP contribution < -0.4 is 5.32 Å². The number of aromatic nitrogens is 1. The quantitative estimate of drug-likeness (QED) is 0.695. The Hall–Kier alpha value is -1.51. The summed E-state index contributed by atoms with van der Waals surface area (Å²) in [6.07, 6.45) is 7.57. The van der Waals surface area contributed by atoms with Gasteiger partial charge in [-0.3, -0.25) is 9.78 Å². The van der Waals surface area contributed by atoms with Crippen LogP contribution in [0.4, 0.5) is 0 Å². The molecule has 0 aromatic carbocycles. The second-order valence-corrected chi connectivity index (χ2v) is 9.97. The zero-order valence-electron chi connectivity index (χ0n) is 16.7. The summed E-state index contributed by atoms with van der Waals surface area (Å²) in [6, 6.07) is 3.18. The highest BCUT2D eigenvalue weighted by Crippen LogP contribution is 2.23. The lowest BCUT2D eigenvalue weighted by molar-refractivity contribution is -0.126. The molecule has 2 aliphatic rings. The van der Waals surface area contributed by atoms with Crippen molar-refractivity contribution in [3.8, 4) is 0 Å². The van der Waals surface area contributed by atoms with Crippen molar-refractivity contribution < 1.29 is 13.2 Å². The molecule has 3 heterocycles. The fourth-order valence-corrected chi connectivity index (χ4v) is 5.39. The van der Waals surface area contributed by atoms with E-state index in [1.165, 1.54) is 36.4 Å². The maximum absolute atomic E-state index is 12.6. The summed E-state index contributed by atoms with van der Waals surface area (Å²) in [5, 5.41) is 3.04. The average Bonchev–Trinajstić information content (AvgIpc) is 2.73. The largest absolute Gasteiger partial charge is 0.356 e. The first-order valence-electron chi connectivity index (χ1n) is 10.4. The van der Waals surface area contributed by atoms with Gasteiger partial charge < -0.3 is 10.2 Å². The molecule has 3 rings (SSSR count). The summed E-state index contributed by atoms with van der Waals surface area (Å²) in [4.78, 5) is 19.0. The highest BCUT2D eigenvalue weighted by Gasteiger charge is 2.32. The van der Waals surface area contributed by atoms with E-state index in [4.69, 9.17) is 0 Å². The van der Waals surface area contributed by atoms with Gasteiger partial charge in [-0.15, -0.1) is 0 Å². The molecule has 1 N–H and O–H groups in total. The molecule has 0 bridgehead atoms. The molecule has 7 nitrogen and oxygen atoms in total. The van der Waals surface area contributed by atoms with Crippen LogP contribution in [0.15, 0.2) is 29.4 Å². The first kappa shape index (κ1) is 21.2. The second kappa shape index (κ2) is 9.80. The van der Waals surface area contributed by atoms with Gasteiger partial charge in [-0.25, -0.2) is 8.42 Å². The van der Waals surface area contributed by atoms with E-state index in [1.54, 1.807) is 18.3 Å². The molecule has 28 heavy (non-hydrogen) atoms. The van der Waals surface area contributed by atoms with Crippen molar-refractivity contribution in [3.05, 3.63) is 24.5 Å². The molecule has 2 saturated heterocycles. The summed E-state index contributed by atoms with van der Waals surface area (Å²) in [5.74, 6) is 0.797. The van der Waals surface area contributed by atoms with Crippen molar-refractivity contribution in [2.75, 3.05) is 39.3 Å². The SMILES string of the molecule is CC1CCN(CCCNC(=O)C2CCN(S(=O)(=O)c3cccnc3)CC2)CC1. The lowest BCUT2D eigenvalue weighted by Gasteiger charge is -2.31. The molecular formula is C20H32N4O3S. The number of piperidine rings is 2. The van der Waals surface area contributed by atoms with Gasteiger partial charge in [0.25, 0.3) is 0 Å². The number of sulfonamides is 1. The Kier molecular flexibility index (Phi) is 7.42. The topological polar surface area (TPSA) is 82.6 Å². The van der Waals surface area contributed by atoms with Crippen molar-refractivity contribution in [1.82, 2.24) is 19.5 Å². The third kappa shape index (κ3) is 5.52. The Bertz CT molecular complexity index is 725. The lowest BCUT2D eigenvalue weighted by atomic mass is 9.97. The predicted molar refractivity (Wildman–Crippen MR) is 108 cm³/mol. The first-order chi connectivity index (χ1) is 13.5. The highest BCUT2D eigenvalue weighted by molar-refractivity contribution is 7.89. The van der Waals surface area contributed by atoms with Crippen LogP contribution in [0.1, 0.15) is 39.0 Å². The molecule has 1 amide bonds. The van der Waals surface area contributed by atoms with Crippen molar-refractivity contribution in [3.63, 3.8) is 0 Å². The van der Waals surface area contributed by atoms with Crippen LogP contribution in [-0.2, 0) is 14.8 Å². The van der Waals surface area contributed by atoms with Crippen molar-refractivity contribution in [2.24, 2.45) is 11.8 Å². The van der Waals surface area contributed by atoms with Gasteiger partial charge in [-0.05, 0) is 69.8 Å². The molecule has 0 radical (unpaired) electrons. The average molecular weight is 409 g/mol. The van der Waals surface area contributed by atoms with E-state index in [9.17, 15) is 13.2 Å². The van der Waals surface area contributed by atoms with Crippen LogP contribution in [-0.4, -0.2) is 67.8 Å². The normalized spacial score (nSPS) is 20.9. The minimum absolute atomic E-state index is 0.0608. The summed E-state index contributed by atoms with van der Waals surface area (Å²) in [7, 11) is -3.51. The molecule has 0 unspecified atom stereocenters. The maximum atomic E-state index is 12.6. The maximum Gasteiger partial charge on any atom is 0.244 e. The fraction of sp³-hybridized carbons (Fsp3) is 0.700. The number of amides is 1. The number of carbonyl (C=O) groups is 1. The number of pyridine rings is 1. The minimum Gasteiger partial charge on any atom is -0.356 e. The molecule has 0 saturated carbocycles. The molecule has 0 aliphatic carbocycles. The zero-order valence-corrected chi connectivity index (χ0v) is 17.5. The molecule has 2 fully saturated rings. The van der Waals surface area contributed by atoms with E-state index in [-0.39, 0.29) is 16.7 Å². The van der Waals surface area contributed by atoms with E-state index < -0.39 is 10.0 Å². The summed E-state index contributed by atoms with van der Waals surface area (Å²) < 4.78 is 26.7. The number of nitrogens with one attached hydrogen (secondary N) is 1. The van der Waals surface area contributed by atoms with Crippen LogP contribution in [0.2, 0.25) is 0 Å². The van der Waals surface area contributed by atoms with Gasteiger partial charge in [-0.2, -0.15) is 4.31 Å². The number of likely N-dealkylation sites (tertiary alicyclic amines) is 1. The number of nitrogens with zero attached hydrogens (tertiary/aromatic N) is 3. The Labute approximate surface area is 168 Å². The molecule has 0 spiro atoms. The molecule has 2 aliphatic heterocycles. The summed E-state index contributed by atoms with van der Waals surface area (Å²) in [5.41, 5.74) is 0. The molecule has 1 aromatic heterocycles. The van der Waals surface area contributed by atoms with Crippen LogP contribution in [0.3, 0.4) is 0 Å². The fourth-order valence-electron chi connectivity index (χ4n) is 3.95. The molecule has 1 aromatic rings. The summed E-state index contributed by atoms with van der Waals surface area (Å²) in [6.45, 7) is 7.12. The lowest BCUT2D eigenvalue weighted by Crippen LogP contribution is -2.43. The van der Waals surface area contributed by atoms with Crippen LogP contribution in [0.5, 0.6) is 0 Å². The van der Waals surface area contributed by atoms with Crippen molar-refractivity contribution in [1.29, 1.82) is 0 Å². The molecular weight excluding hydrogens is 376 g/mol. The Morgan fingerprint density at radius 3 is 2.54 bits per heavy atom. The van der Waals surface area contributed by atoms with Crippen LogP contribution >= 0.6 is 0 Å². The number of hydrogen-bond acceptors (Lipinski definition) is 5. The first-order valence-corrected chi connectivity index (χ1v) is 11.8. The van der Waals surface area contributed by atoms with Crippen molar-refractivity contribution in [2.45, 2.75) is 43.9 Å². The second-order valence-electron chi connectivity index (χ2n) is 8.04. The van der Waals surface area contributed by atoms with Gasteiger partial charge in [-0.1, -0.05) is 6.92 Å². The molecule has 156 valence electrons. The van der Waals surface area contributed by atoms with Crippen molar-refractivity contribution >= 4 is 15.9 Å². The predicted octanol–water partition coefficient (Wildman–Crippen LogP) is 1.72. The van der Waals surface area contributed by atoms with Gasteiger partial charge in [0.05, 0.1) is 0 Å². The number of carbonyl (C=O) groups excluding carboxylic acids is 1. The number of rotatable bonds is 7. The van der Waals surface area contributed by atoms with Gasteiger partial charge in [0.1, 0.15) is 4.90 Å². The minimum atomic E-state index is -3.51. The van der Waals surface area contributed by atoms with E-state index in [0.29, 0.717) is 32.5 Å². The van der Waals surface area contributed by atoms with E-state index in [0.717, 1.165) is 18.9 Å². The van der Waals surface area contributed by atoms with E-state index >= 15 is 0 Å². The van der Waals surface area contributed by atoms with Gasteiger partial charge in [0.2, 0.25) is 15.9 Å². The highest BCUT2D eigenvalue weighted by atomic mass is 32.2. The van der Waals surface area contributed by atoms with Gasteiger partial charge in [0, 0.05) is 37.9 Å². The van der Waals surface area contributed by atoms with Crippen LogP contribution in [0, 0.1) is 11.8 Å². The number of hydrogen-bond donors (Lipinski definition) is 1. The Balaban J connectivity index is 1.37. The van der Waals surface area contributed by atoms with Gasteiger partial charge >= 0.3 is 0 Å². The van der Waals surface area contributed by atoms with E-state index in [2.05, 4.69) is 22.1 Å². The monoisotopic (exact) mass is 408 g/mol. The third-order valence-electron chi connectivity index (χ3n) is 5.92. The Morgan fingerprint density at radius 2 is 1.89 bits per heavy atom.